The first-order valence-corrected chi connectivity index (χ1v) is 10.8. The third-order valence-corrected chi connectivity index (χ3v) is 6.77. The molecule has 2 rings (SSSR count). The lowest BCUT2D eigenvalue weighted by atomic mass is 9.97. The Morgan fingerprint density at radius 3 is 2.52 bits per heavy atom. The molecule has 5 heteroatoms. The van der Waals surface area contributed by atoms with Crippen molar-refractivity contribution in [1.82, 2.24) is 4.90 Å². The van der Waals surface area contributed by atoms with Gasteiger partial charge in [0.15, 0.2) is 0 Å². The maximum absolute atomic E-state index is 12.8. The molecule has 0 radical (unpaired) electrons. The van der Waals surface area contributed by atoms with Gasteiger partial charge in [0.05, 0.1) is 11.7 Å². The number of nitrogens with zero attached hydrogens (tertiary/aromatic N) is 1. The number of rotatable bonds is 9. The van der Waals surface area contributed by atoms with Crippen LogP contribution in [0.1, 0.15) is 51.5 Å². The van der Waals surface area contributed by atoms with E-state index in [1.807, 2.05) is 30.3 Å². The Morgan fingerprint density at radius 1 is 1.16 bits per heavy atom. The lowest BCUT2D eigenvalue weighted by Gasteiger charge is -2.30. The Morgan fingerprint density at radius 2 is 1.84 bits per heavy atom. The molecule has 1 saturated carbocycles. The largest absolute Gasteiger partial charge is 0.461 e. The van der Waals surface area contributed by atoms with Gasteiger partial charge in [0, 0.05) is 23.1 Å². The second-order valence-electron chi connectivity index (χ2n) is 6.64. The summed E-state index contributed by atoms with van der Waals surface area (Å²) in [4.78, 5) is 14.4. The predicted octanol–water partition coefficient (Wildman–Crippen LogP) is 3.52. The standard InChI is InChI=1S/C20H31NO3S/c1-3-21(4-2)15-14-20(22)24-18-12-8-9-13-19(18)25(23)16-17-10-6-5-7-11-17/h5-7,10-11,18-19H,3-4,8-9,12-16H2,1-2H3. The van der Waals surface area contributed by atoms with Crippen molar-refractivity contribution in [2.75, 3.05) is 19.6 Å². The van der Waals surface area contributed by atoms with Crippen LogP contribution in [0.15, 0.2) is 30.3 Å². The number of carbonyl (C=O) groups is 1. The molecule has 0 bridgehead atoms. The SMILES string of the molecule is CCN(CC)CCC(=O)OC1CCCCC1S(=O)Cc1ccccc1. The van der Waals surface area contributed by atoms with Crippen LogP contribution in [-0.4, -0.2) is 46.1 Å². The normalized spacial score (nSPS) is 21.9. The molecule has 1 fully saturated rings. The minimum absolute atomic E-state index is 0.0358. The molecule has 0 heterocycles. The Balaban J connectivity index is 1.88. The van der Waals surface area contributed by atoms with Crippen molar-refractivity contribution >= 4 is 16.8 Å². The highest BCUT2D eigenvalue weighted by Gasteiger charge is 2.32. The van der Waals surface area contributed by atoms with Crippen LogP contribution in [0.4, 0.5) is 0 Å². The zero-order valence-electron chi connectivity index (χ0n) is 15.5. The van der Waals surface area contributed by atoms with Crippen LogP contribution >= 0.6 is 0 Å². The lowest BCUT2D eigenvalue weighted by molar-refractivity contribution is -0.150. The van der Waals surface area contributed by atoms with E-state index < -0.39 is 10.8 Å². The zero-order valence-corrected chi connectivity index (χ0v) is 16.3. The summed E-state index contributed by atoms with van der Waals surface area (Å²) < 4.78 is 18.6. The number of carbonyl (C=O) groups excluding carboxylic acids is 1. The van der Waals surface area contributed by atoms with Crippen molar-refractivity contribution in [3.63, 3.8) is 0 Å². The van der Waals surface area contributed by atoms with Gasteiger partial charge in [0.2, 0.25) is 0 Å². The molecule has 1 aromatic carbocycles. The van der Waals surface area contributed by atoms with E-state index in [0.717, 1.165) is 50.9 Å². The minimum Gasteiger partial charge on any atom is -0.461 e. The molecule has 0 N–H and O–H groups in total. The van der Waals surface area contributed by atoms with Crippen LogP contribution in [-0.2, 0) is 26.1 Å². The van der Waals surface area contributed by atoms with Gasteiger partial charge in [-0.25, -0.2) is 0 Å². The quantitative estimate of drug-likeness (QED) is 0.628. The summed E-state index contributed by atoms with van der Waals surface area (Å²) in [5, 5.41) is -0.0358. The first kappa shape index (κ1) is 20.1. The van der Waals surface area contributed by atoms with Crippen molar-refractivity contribution in [2.45, 2.75) is 63.1 Å². The fourth-order valence-electron chi connectivity index (χ4n) is 3.36. The van der Waals surface area contributed by atoms with Crippen LogP contribution in [0, 0.1) is 0 Å². The highest BCUT2D eigenvalue weighted by molar-refractivity contribution is 7.84. The molecule has 0 amide bonds. The molecular weight excluding hydrogens is 334 g/mol. The molecule has 3 atom stereocenters. The van der Waals surface area contributed by atoms with Gasteiger partial charge in [0.25, 0.3) is 0 Å². The highest BCUT2D eigenvalue weighted by Crippen LogP contribution is 2.27. The summed E-state index contributed by atoms with van der Waals surface area (Å²) in [5.41, 5.74) is 1.08. The van der Waals surface area contributed by atoms with Crippen molar-refractivity contribution in [1.29, 1.82) is 0 Å². The van der Waals surface area contributed by atoms with Gasteiger partial charge in [-0.1, -0.05) is 50.6 Å². The van der Waals surface area contributed by atoms with Gasteiger partial charge in [-0.2, -0.15) is 0 Å². The summed E-state index contributed by atoms with van der Waals surface area (Å²) >= 11 is 0. The van der Waals surface area contributed by atoms with E-state index >= 15 is 0 Å². The molecule has 0 spiro atoms. The number of ether oxygens (including phenoxy) is 1. The molecule has 0 aromatic heterocycles. The third kappa shape index (κ3) is 6.55. The second-order valence-corrected chi connectivity index (χ2v) is 8.29. The average Bonchev–Trinajstić information content (AvgIpc) is 2.64. The minimum atomic E-state index is -1.01. The fourth-order valence-corrected chi connectivity index (χ4v) is 5.06. The molecule has 0 saturated heterocycles. The molecule has 0 aliphatic heterocycles. The van der Waals surface area contributed by atoms with Crippen molar-refractivity contribution in [2.24, 2.45) is 0 Å². The van der Waals surface area contributed by atoms with Crippen molar-refractivity contribution in [3.8, 4) is 0 Å². The maximum atomic E-state index is 12.8. The molecule has 1 aliphatic carbocycles. The topological polar surface area (TPSA) is 46.6 Å². The number of esters is 1. The number of benzene rings is 1. The summed E-state index contributed by atoms with van der Waals surface area (Å²) in [5.74, 6) is 0.388. The summed E-state index contributed by atoms with van der Waals surface area (Å²) in [7, 11) is -1.01. The number of hydrogen-bond acceptors (Lipinski definition) is 4. The van der Waals surface area contributed by atoms with E-state index in [-0.39, 0.29) is 17.3 Å². The molecule has 140 valence electrons. The highest BCUT2D eigenvalue weighted by atomic mass is 32.2. The lowest BCUT2D eigenvalue weighted by Crippen LogP contribution is -2.38. The van der Waals surface area contributed by atoms with Gasteiger partial charge >= 0.3 is 5.97 Å². The van der Waals surface area contributed by atoms with Gasteiger partial charge in [0.1, 0.15) is 6.10 Å². The Hall–Kier alpha value is -1.20. The Labute approximate surface area is 154 Å². The van der Waals surface area contributed by atoms with Crippen LogP contribution in [0.3, 0.4) is 0 Å². The first-order valence-electron chi connectivity index (χ1n) is 9.47. The van der Waals surface area contributed by atoms with Crippen molar-refractivity contribution in [3.05, 3.63) is 35.9 Å². The second kappa shape index (κ2) is 10.7. The van der Waals surface area contributed by atoms with E-state index in [9.17, 15) is 9.00 Å². The summed E-state index contributed by atoms with van der Waals surface area (Å²) in [6.07, 6.45) is 4.06. The Kier molecular flexibility index (Phi) is 8.62. The van der Waals surface area contributed by atoms with E-state index in [1.165, 1.54) is 0 Å². The third-order valence-electron chi connectivity index (χ3n) is 4.94. The van der Waals surface area contributed by atoms with Gasteiger partial charge in [-0.15, -0.1) is 0 Å². The molecule has 3 unspecified atom stereocenters. The monoisotopic (exact) mass is 365 g/mol. The van der Waals surface area contributed by atoms with Crippen LogP contribution < -0.4 is 0 Å². The number of hydrogen-bond donors (Lipinski definition) is 0. The molecule has 1 aliphatic rings. The molecule has 4 nitrogen and oxygen atoms in total. The first-order chi connectivity index (χ1) is 12.1. The van der Waals surface area contributed by atoms with E-state index in [2.05, 4.69) is 18.7 Å². The molecular formula is C20H31NO3S. The van der Waals surface area contributed by atoms with E-state index in [4.69, 9.17) is 4.74 Å². The van der Waals surface area contributed by atoms with Crippen molar-refractivity contribution < 1.29 is 13.7 Å². The maximum Gasteiger partial charge on any atom is 0.307 e. The summed E-state index contributed by atoms with van der Waals surface area (Å²) in [6.45, 7) is 6.81. The molecule has 1 aromatic rings. The predicted molar refractivity (Wildman–Crippen MR) is 103 cm³/mol. The summed E-state index contributed by atoms with van der Waals surface area (Å²) in [6, 6.07) is 9.92. The fraction of sp³-hybridized carbons (Fsp3) is 0.650. The van der Waals surface area contributed by atoms with Crippen LogP contribution in [0.5, 0.6) is 0 Å². The van der Waals surface area contributed by atoms with Gasteiger partial charge in [-0.3, -0.25) is 9.00 Å². The average molecular weight is 366 g/mol. The molecule has 25 heavy (non-hydrogen) atoms. The van der Waals surface area contributed by atoms with E-state index in [1.54, 1.807) is 0 Å². The van der Waals surface area contributed by atoms with Crippen LogP contribution in [0.25, 0.3) is 0 Å². The zero-order chi connectivity index (χ0) is 18.1. The van der Waals surface area contributed by atoms with E-state index in [0.29, 0.717) is 12.2 Å². The van der Waals surface area contributed by atoms with Gasteiger partial charge in [-0.05, 0) is 37.9 Å². The Bertz CT molecular complexity index is 545. The van der Waals surface area contributed by atoms with Gasteiger partial charge < -0.3 is 9.64 Å². The van der Waals surface area contributed by atoms with Crippen LogP contribution in [0.2, 0.25) is 0 Å². The smallest absolute Gasteiger partial charge is 0.307 e.